The molecule has 1 N–H and O–H groups in total. The zero-order chi connectivity index (χ0) is 13.2. The molecule has 1 aromatic rings. The quantitative estimate of drug-likeness (QED) is 0.911. The van der Waals surface area contributed by atoms with Crippen LogP contribution in [0.1, 0.15) is 32.7 Å². The Labute approximate surface area is 115 Å². The van der Waals surface area contributed by atoms with Gasteiger partial charge in [-0.25, -0.2) is 4.98 Å². The average Bonchev–Trinajstić information content (AvgIpc) is 2.79. The van der Waals surface area contributed by atoms with Gasteiger partial charge in [0.1, 0.15) is 0 Å². The molecule has 0 saturated carbocycles. The minimum absolute atomic E-state index is 0.333. The molecule has 0 spiro atoms. The van der Waals surface area contributed by atoms with E-state index in [1.54, 1.807) is 11.3 Å². The Morgan fingerprint density at radius 3 is 2.89 bits per heavy atom. The molecule has 1 aliphatic heterocycles. The lowest BCUT2D eigenvalue weighted by Crippen LogP contribution is -2.59. The topological polar surface area (TPSA) is 28.2 Å². The highest BCUT2D eigenvalue weighted by Gasteiger charge is 2.32. The van der Waals surface area contributed by atoms with Crippen LogP contribution in [0.2, 0.25) is 0 Å². The molecule has 0 bridgehead atoms. The van der Waals surface area contributed by atoms with Gasteiger partial charge >= 0.3 is 0 Å². The van der Waals surface area contributed by atoms with Gasteiger partial charge in [0.2, 0.25) is 0 Å². The van der Waals surface area contributed by atoms with Crippen LogP contribution in [0, 0.1) is 5.41 Å². The molecule has 3 nitrogen and oxygen atoms in total. The summed E-state index contributed by atoms with van der Waals surface area (Å²) >= 11 is 1.77. The Morgan fingerprint density at radius 1 is 1.50 bits per heavy atom. The summed E-state index contributed by atoms with van der Waals surface area (Å²) in [5, 5.41) is 7.00. The maximum atomic E-state index is 4.37. The van der Waals surface area contributed by atoms with Crippen molar-refractivity contribution in [3.8, 4) is 0 Å². The molecule has 18 heavy (non-hydrogen) atoms. The lowest BCUT2D eigenvalue weighted by molar-refractivity contribution is 0.0948. The summed E-state index contributed by atoms with van der Waals surface area (Å²) in [6, 6.07) is 1.22. The Kier molecular flexibility index (Phi) is 4.41. The van der Waals surface area contributed by atoms with Gasteiger partial charge in [0.15, 0.2) is 0 Å². The van der Waals surface area contributed by atoms with Crippen LogP contribution in [0.4, 0.5) is 0 Å². The van der Waals surface area contributed by atoms with Crippen LogP contribution in [0.15, 0.2) is 11.6 Å². The minimum Gasteiger partial charge on any atom is -0.311 e. The van der Waals surface area contributed by atoms with Crippen molar-refractivity contribution in [2.45, 2.75) is 46.2 Å². The Morgan fingerprint density at radius 2 is 2.28 bits per heavy atom. The molecule has 4 heteroatoms. The van der Waals surface area contributed by atoms with E-state index in [-0.39, 0.29) is 0 Å². The van der Waals surface area contributed by atoms with Crippen molar-refractivity contribution in [2.75, 3.05) is 19.6 Å². The van der Waals surface area contributed by atoms with Gasteiger partial charge < -0.3 is 5.32 Å². The fourth-order valence-corrected chi connectivity index (χ4v) is 3.04. The van der Waals surface area contributed by atoms with Crippen LogP contribution in [-0.2, 0) is 6.42 Å². The highest BCUT2D eigenvalue weighted by molar-refractivity contribution is 7.09. The third-order valence-corrected chi connectivity index (χ3v) is 4.68. The first-order chi connectivity index (χ1) is 8.47. The Balaban J connectivity index is 1.89. The van der Waals surface area contributed by atoms with E-state index in [9.17, 15) is 0 Å². The zero-order valence-electron chi connectivity index (χ0n) is 11.9. The first kappa shape index (κ1) is 14.0. The van der Waals surface area contributed by atoms with Gasteiger partial charge in [0, 0.05) is 49.7 Å². The van der Waals surface area contributed by atoms with Gasteiger partial charge in [-0.2, -0.15) is 0 Å². The summed E-state index contributed by atoms with van der Waals surface area (Å²) in [6.45, 7) is 12.6. The SMILES string of the molecule is CC1CNC(C(C)(C)C)CN1CCc1nccs1. The Bertz CT molecular complexity index is 356. The van der Waals surface area contributed by atoms with Gasteiger partial charge in [-0.1, -0.05) is 20.8 Å². The number of nitrogens with one attached hydrogen (secondary N) is 1. The van der Waals surface area contributed by atoms with Crippen LogP contribution in [0.3, 0.4) is 0 Å². The molecule has 2 atom stereocenters. The zero-order valence-corrected chi connectivity index (χ0v) is 12.8. The number of hydrogen-bond donors (Lipinski definition) is 1. The van der Waals surface area contributed by atoms with Crippen LogP contribution in [0.5, 0.6) is 0 Å². The van der Waals surface area contributed by atoms with Crippen LogP contribution >= 0.6 is 11.3 Å². The molecule has 0 radical (unpaired) electrons. The molecule has 1 fully saturated rings. The predicted octanol–water partition coefficient (Wildman–Crippen LogP) is 2.39. The van der Waals surface area contributed by atoms with Gasteiger partial charge in [0.05, 0.1) is 5.01 Å². The average molecular weight is 267 g/mol. The van der Waals surface area contributed by atoms with Gasteiger partial charge in [-0.3, -0.25) is 4.90 Å². The van der Waals surface area contributed by atoms with Crippen LogP contribution in [0.25, 0.3) is 0 Å². The summed E-state index contributed by atoms with van der Waals surface area (Å²) in [4.78, 5) is 6.97. The van der Waals surface area contributed by atoms with E-state index in [0.29, 0.717) is 17.5 Å². The number of nitrogens with zero attached hydrogens (tertiary/aromatic N) is 2. The van der Waals surface area contributed by atoms with E-state index in [2.05, 4.69) is 48.3 Å². The number of aromatic nitrogens is 1. The smallest absolute Gasteiger partial charge is 0.0937 e. The predicted molar refractivity (Wildman–Crippen MR) is 78.1 cm³/mol. The van der Waals surface area contributed by atoms with E-state index in [4.69, 9.17) is 0 Å². The summed E-state index contributed by atoms with van der Waals surface area (Å²) in [5.41, 5.74) is 0.333. The highest BCUT2D eigenvalue weighted by Crippen LogP contribution is 2.23. The second kappa shape index (κ2) is 5.68. The summed E-state index contributed by atoms with van der Waals surface area (Å²) in [7, 11) is 0. The summed E-state index contributed by atoms with van der Waals surface area (Å²) in [5.74, 6) is 0. The van der Waals surface area contributed by atoms with E-state index in [1.807, 2.05) is 6.20 Å². The third kappa shape index (κ3) is 3.53. The molecule has 2 rings (SSSR count). The lowest BCUT2D eigenvalue weighted by Gasteiger charge is -2.44. The van der Waals surface area contributed by atoms with Crippen LogP contribution in [-0.4, -0.2) is 41.6 Å². The first-order valence-electron chi connectivity index (χ1n) is 6.82. The van der Waals surface area contributed by atoms with E-state index < -0.39 is 0 Å². The van der Waals surface area contributed by atoms with Crippen molar-refractivity contribution in [1.82, 2.24) is 15.2 Å². The van der Waals surface area contributed by atoms with Crippen molar-refractivity contribution in [1.29, 1.82) is 0 Å². The van der Waals surface area contributed by atoms with Crippen molar-refractivity contribution in [3.63, 3.8) is 0 Å². The molecule has 2 unspecified atom stereocenters. The van der Waals surface area contributed by atoms with E-state index in [1.165, 1.54) is 5.01 Å². The molecule has 102 valence electrons. The number of hydrogen-bond acceptors (Lipinski definition) is 4. The number of thiazole rings is 1. The number of rotatable bonds is 3. The second-order valence-corrected chi connectivity index (χ2v) is 7.33. The van der Waals surface area contributed by atoms with Gasteiger partial charge in [-0.15, -0.1) is 11.3 Å². The molecular weight excluding hydrogens is 242 g/mol. The molecule has 2 heterocycles. The third-order valence-electron chi connectivity index (χ3n) is 3.84. The first-order valence-corrected chi connectivity index (χ1v) is 7.70. The van der Waals surface area contributed by atoms with Crippen molar-refractivity contribution in [3.05, 3.63) is 16.6 Å². The number of piperazine rings is 1. The maximum Gasteiger partial charge on any atom is 0.0937 e. The molecule has 1 aliphatic rings. The molecular formula is C14H25N3S. The standard InChI is InChI=1S/C14H25N3S/c1-11-9-16-12(14(2,3)4)10-17(11)7-5-13-15-6-8-18-13/h6,8,11-12,16H,5,7,9-10H2,1-4H3. The maximum absolute atomic E-state index is 4.37. The lowest BCUT2D eigenvalue weighted by atomic mass is 9.85. The second-order valence-electron chi connectivity index (χ2n) is 6.35. The molecule has 1 saturated heterocycles. The fourth-order valence-electron chi connectivity index (χ4n) is 2.43. The minimum atomic E-state index is 0.333. The fraction of sp³-hybridized carbons (Fsp3) is 0.786. The van der Waals surface area contributed by atoms with Crippen molar-refractivity contribution < 1.29 is 0 Å². The van der Waals surface area contributed by atoms with E-state index in [0.717, 1.165) is 26.1 Å². The van der Waals surface area contributed by atoms with Crippen LogP contribution < -0.4 is 5.32 Å². The highest BCUT2D eigenvalue weighted by atomic mass is 32.1. The summed E-state index contributed by atoms with van der Waals surface area (Å²) in [6.07, 6.45) is 2.98. The molecule has 0 amide bonds. The largest absolute Gasteiger partial charge is 0.311 e. The van der Waals surface area contributed by atoms with E-state index >= 15 is 0 Å². The van der Waals surface area contributed by atoms with Crippen molar-refractivity contribution >= 4 is 11.3 Å². The van der Waals surface area contributed by atoms with Gasteiger partial charge in [-0.05, 0) is 12.3 Å². The molecule has 1 aromatic heterocycles. The monoisotopic (exact) mass is 267 g/mol. The molecule has 0 aliphatic carbocycles. The normalized spacial score (nSPS) is 26.4. The Hall–Kier alpha value is -0.450. The molecule has 0 aromatic carbocycles. The van der Waals surface area contributed by atoms with Crippen molar-refractivity contribution in [2.24, 2.45) is 5.41 Å². The summed E-state index contributed by atoms with van der Waals surface area (Å²) < 4.78 is 0. The van der Waals surface area contributed by atoms with Gasteiger partial charge in [0.25, 0.3) is 0 Å².